The number of tetrazole rings is 1. The van der Waals surface area contributed by atoms with Crippen LogP contribution in [0.5, 0.6) is 0 Å². The van der Waals surface area contributed by atoms with Crippen LogP contribution in [0, 0.1) is 11.7 Å². The molecular formula is C14H16FN7O. The highest BCUT2D eigenvalue weighted by Gasteiger charge is 2.38. The molecule has 0 bridgehead atoms. The van der Waals surface area contributed by atoms with Gasteiger partial charge in [-0.25, -0.2) is 14.5 Å². The third-order valence-corrected chi connectivity index (χ3v) is 4.26. The number of amides is 1. The van der Waals surface area contributed by atoms with Crippen molar-refractivity contribution >= 4 is 11.6 Å². The zero-order valence-electron chi connectivity index (χ0n) is 12.2. The molecule has 1 aromatic carbocycles. The second kappa shape index (κ2) is 5.67. The highest BCUT2D eigenvalue weighted by Crippen LogP contribution is 2.35. The first-order valence-corrected chi connectivity index (χ1v) is 7.55. The molecule has 1 aliphatic carbocycles. The van der Waals surface area contributed by atoms with Crippen LogP contribution >= 0.6 is 0 Å². The summed E-state index contributed by atoms with van der Waals surface area (Å²) in [5.41, 5.74) is 6.82. The minimum Gasteiger partial charge on any atom is -0.322 e. The monoisotopic (exact) mass is 317 g/mol. The van der Waals surface area contributed by atoms with Gasteiger partial charge in [-0.2, -0.15) is 0 Å². The number of hydrogen-bond donors (Lipinski definition) is 3. The van der Waals surface area contributed by atoms with E-state index in [9.17, 15) is 9.18 Å². The molecule has 4 rings (SSSR count). The van der Waals surface area contributed by atoms with Crippen molar-refractivity contribution in [2.45, 2.75) is 31.3 Å². The molecule has 0 radical (unpaired) electrons. The normalized spacial score (nSPS) is 23.9. The maximum absolute atomic E-state index is 14.0. The van der Waals surface area contributed by atoms with Crippen LogP contribution < -0.4 is 16.2 Å². The second-order valence-electron chi connectivity index (χ2n) is 5.93. The summed E-state index contributed by atoms with van der Waals surface area (Å²) in [6, 6.07) is 4.28. The highest BCUT2D eigenvalue weighted by molar-refractivity contribution is 5.95. The highest BCUT2D eigenvalue weighted by atomic mass is 19.1. The van der Waals surface area contributed by atoms with E-state index in [1.807, 2.05) is 0 Å². The Hall–Kier alpha value is -2.39. The number of halogens is 1. The summed E-state index contributed by atoms with van der Waals surface area (Å²) < 4.78 is 15.4. The van der Waals surface area contributed by atoms with Gasteiger partial charge in [0.15, 0.2) is 0 Å². The molecule has 2 aromatic rings. The van der Waals surface area contributed by atoms with E-state index in [1.165, 1.54) is 36.0 Å². The van der Waals surface area contributed by atoms with Gasteiger partial charge in [0, 0.05) is 6.04 Å². The lowest BCUT2D eigenvalue weighted by Gasteiger charge is -2.12. The number of carbonyl (C=O) groups excluding carboxylic acids is 1. The third-order valence-electron chi connectivity index (χ3n) is 4.26. The molecule has 1 aromatic heterocycles. The van der Waals surface area contributed by atoms with Gasteiger partial charge in [-0.15, -0.1) is 5.10 Å². The number of aromatic nitrogens is 4. The van der Waals surface area contributed by atoms with E-state index in [0.29, 0.717) is 24.1 Å². The first-order valence-electron chi connectivity index (χ1n) is 7.55. The van der Waals surface area contributed by atoms with Crippen molar-refractivity contribution in [2.24, 2.45) is 5.92 Å². The summed E-state index contributed by atoms with van der Waals surface area (Å²) in [6.45, 7) is 0. The van der Waals surface area contributed by atoms with E-state index >= 15 is 0 Å². The maximum atomic E-state index is 14.0. The minimum absolute atomic E-state index is 0.111. The van der Waals surface area contributed by atoms with Gasteiger partial charge in [0.1, 0.15) is 18.2 Å². The summed E-state index contributed by atoms with van der Waals surface area (Å²) in [5.74, 6) is -0.103. The number of rotatable bonds is 4. The van der Waals surface area contributed by atoms with Gasteiger partial charge in [-0.05, 0) is 53.8 Å². The number of anilines is 1. The van der Waals surface area contributed by atoms with E-state index in [2.05, 4.69) is 31.7 Å². The Morgan fingerprint density at radius 2 is 2.22 bits per heavy atom. The fourth-order valence-corrected chi connectivity index (χ4v) is 2.81. The molecule has 1 aliphatic heterocycles. The van der Waals surface area contributed by atoms with Gasteiger partial charge in [-0.1, -0.05) is 0 Å². The Kier molecular flexibility index (Phi) is 3.50. The van der Waals surface area contributed by atoms with Crippen LogP contribution in [-0.4, -0.2) is 38.2 Å². The number of carbonyl (C=O) groups is 1. The molecule has 120 valence electrons. The molecule has 2 fully saturated rings. The van der Waals surface area contributed by atoms with Crippen LogP contribution in [0.15, 0.2) is 24.5 Å². The molecule has 9 heteroatoms. The largest absolute Gasteiger partial charge is 0.322 e. The van der Waals surface area contributed by atoms with Crippen molar-refractivity contribution in [1.82, 2.24) is 31.1 Å². The minimum atomic E-state index is -0.500. The molecule has 2 aliphatic rings. The van der Waals surface area contributed by atoms with E-state index in [1.54, 1.807) is 6.07 Å². The van der Waals surface area contributed by atoms with Gasteiger partial charge < -0.3 is 5.32 Å². The molecular weight excluding hydrogens is 301 g/mol. The standard InChI is InChI=1S/C14H16FN7O/c15-10-4-3-9(22-7-16-20-21-22)5-12(10)17-14(23)13-6-11(18-19-13)8-1-2-8/h3-5,7-8,11,13,18-19H,1-2,6H2,(H,17,23). The fourth-order valence-electron chi connectivity index (χ4n) is 2.81. The van der Waals surface area contributed by atoms with Crippen LogP contribution in [0.2, 0.25) is 0 Å². The molecule has 2 atom stereocenters. The van der Waals surface area contributed by atoms with E-state index in [-0.39, 0.29) is 17.6 Å². The molecule has 2 unspecified atom stereocenters. The van der Waals surface area contributed by atoms with Crippen LogP contribution in [0.3, 0.4) is 0 Å². The lowest BCUT2D eigenvalue weighted by Crippen LogP contribution is -2.40. The molecule has 0 spiro atoms. The third kappa shape index (κ3) is 2.92. The molecule has 1 saturated carbocycles. The first-order chi connectivity index (χ1) is 11.2. The summed E-state index contributed by atoms with van der Waals surface area (Å²) in [7, 11) is 0. The number of hydrogen-bond acceptors (Lipinski definition) is 6. The Morgan fingerprint density at radius 3 is 2.96 bits per heavy atom. The zero-order valence-corrected chi connectivity index (χ0v) is 12.2. The number of nitrogens with zero attached hydrogens (tertiary/aromatic N) is 4. The van der Waals surface area contributed by atoms with E-state index in [4.69, 9.17) is 0 Å². The van der Waals surface area contributed by atoms with Gasteiger partial charge in [0.2, 0.25) is 5.91 Å². The van der Waals surface area contributed by atoms with E-state index < -0.39 is 5.82 Å². The van der Waals surface area contributed by atoms with Gasteiger partial charge in [-0.3, -0.25) is 10.2 Å². The zero-order chi connectivity index (χ0) is 15.8. The van der Waals surface area contributed by atoms with Crippen LogP contribution in [0.1, 0.15) is 19.3 Å². The van der Waals surface area contributed by atoms with Crippen LogP contribution in [0.25, 0.3) is 5.69 Å². The number of benzene rings is 1. The van der Waals surface area contributed by atoms with Gasteiger partial charge >= 0.3 is 0 Å². The average molecular weight is 317 g/mol. The average Bonchev–Trinajstić information content (AvgIpc) is 3.05. The predicted octanol–water partition coefficient (Wildman–Crippen LogP) is 0.385. The Balaban J connectivity index is 1.47. The van der Waals surface area contributed by atoms with Crippen molar-refractivity contribution in [2.75, 3.05) is 5.32 Å². The Bertz CT molecular complexity index is 716. The second-order valence-corrected chi connectivity index (χ2v) is 5.93. The maximum Gasteiger partial charge on any atom is 0.243 e. The molecule has 1 saturated heterocycles. The number of nitrogens with one attached hydrogen (secondary N) is 3. The summed E-state index contributed by atoms with van der Waals surface area (Å²) in [4.78, 5) is 12.3. The van der Waals surface area contributed by atoms with Crippen molar-refractivity contribution in [1.29, 1.82) is 0 Å². The smallest absolute Gasteiger partial charge is 0.243 e. The molecule has 3 N–H and O–H groups in total. The van der Waals surface area contributed by atoms with Crippen molar-refractivity contribution in [3.8, 4) is 5.69 Å². The van der Waals surface area contributed by atoms with E-state index in [0.717, 1.165) is 0 Å². The molecule has 23 heavy (non-hydrogen) atoms. The topological polar surface area (TPSA) is 96.8 Å². The summed E-state index contributed by atoms with van der Waals surface area (Å²) in [5, 5.41) is 13.5. The molecule has 2 heterocycles. The Morgan fingerprint density at radius 1 is 1.35 bits per heavy atom. The quantitative estimate of drug-likeness (QED) is 0.754. The van der Waals surface area contributed by atoms with Crippen molar-refractivity contribution in [3.05, 3.63) is 30.3 Å². The lowest BCUT2D eigenvalue weighted by atomic mass is 10.1. The number of hydrazine groups is 1. The SMILES string of the molecule is O=C(Nc1cc(-n2cnnn2)ccc1F)C1CC(C2CC2)NN1. The Labute approximate surface area is 131 Å². The lowest BCUT2D eigenvalue weighted by molar-refractivity contribution is -0.117. The summed E-state index contributed by atoms with van der Waals surface area (Å²) in [6.07, 6.45) is 4.53. The van der Waals surface area contributed by atoms with Crippen LogP contribution in [-0.2, 0) is 4.79 Å². The summed E-state index contributed by atoms with van der Waals surface area (Å²) >= 11 is 0. The van der Waals surface area contributed by atoms with Gasteiger partial charge in [0.05, 0.1) is 11.4 Å². The molecule has 8 nitrogen and oxygen atoms in total. The van der Waals surface area contributed by atoms with Crippen molar-refractivity contribution in [3.63, 3.8) is 0 Å². The fraction of sp³-hybridized carbons (Fsp3) is 0.429. The molecule has 1 amide bonds. The van der Waals surface area contributed by atoms with Crippen LogP contribution in [0.4, 0.5) is 10.1 Å². The van der Waals surface area contributed by atoms with Crippen molar-refractivity contribution < 1.29 is 9.18 Å². The predicted molar refractivity (Wildman–Crippen MR) is 78.9 cm³/mol. The first kappa shape index (κ1) is 14.2. The van der Waals surface area contributed by atoms with Gasteiger partial charge in [0.25, 0.3) is 0 Å².